The fourth-order valence-electron chi connectivity index (χ4n) is 2.64. The van der Waals surface area contributed by atoms with E-state index in [9.17, 15) is 8.42 Å². The van der Waals surface area contributed by atoms with Crippen LogP contribution in [-0.4, -0.2) is 18.6 Å². The van der Waals surface area contributed by atoms with Crippen LogP contribution in [0.25, 0.3) is 22.8 Å². The van der Waals surface area contributed by atoms with Crippen LogP contribution in [0.5, 0.6) is 0 Å². The summed E-state index contributed by atoms with van der Waals surface area (Å²) in [5.74, 6) is 0.890. The Kier molecular flexibility index (Phi) is 4.74. The van der Waals surface area contributed by atoms with Crippen molar-refractivity contribution in [3.8, 4) is 22.8 Å². The van der Waals surface area contributed by atoms with Gasteiger partial charge in [-0.05, 0) is 72.8 Å². The lowest BCUT2D eigenvalue weighted by molar-refractivity contribution is 0.432. The Morgan fingerprint density at radius 1 is 0.964 bits per heavy atom. The highest BCUT2D eigenvalue weighted by Gasteiger charge is 2.16. The van der Waals surface area contributed by atoms with Crippen molar-refractivity contribution in [2.75, 3.05) is 4.72 Å². The zero-order chi connectivity index (χ0) is 19.7. The molecule has 0 aliphatic rings. The molecule has 4 aromatic rings. The molecule has 0 saturated heterocycles. The lowest BCUT2D eigenvalue weighted by Crippen LogP contribution is -2.11. The van der Waals surface area contributed by atoms with Gasteiger partial charge in [-0.2, -0.15) is 4.98 Å². The number of thiophene rings is 1. The molecule has 2 aromatic carbocycles. The van der Waals surface area contributed by atoms with Gasteiger partial charge in [0.25, 0.3) is 15.9 Å². The molecule has 0 fully saturated rings. The van der Waals surface area contributed by atoms with Crippen molar-refractivity contribution in [2.24, 2.45) is 0 Å². The lowest BCUT2D eigenvalue weighted by atomic mass is 10.1. The first-order valence-corrected chi connectivity index (χ1v) is 10.9. The molecule has 0 atom stereocenters. The Morgan fingerprint density at radius 2 is 1.71 bits per heavy atom. The second-order valence-electron chi connectivity index (χ2n) is 6.34. The molecule has 28 heavy (non-hydrogen) atoms. The van der Waals surface area contributed by atoms with Gasteiger partial charge >= 0.3 is 0 Å². The standard InChI is InChI=1S/C20H17N3O3S2/c1-13-5-6-16(12-14(13)2)20-21-19(22-26-20)15-7-9-17(10-8-15)23-28(24,25)18-4-3-11-27-18/h3-12,23H,1-2H3. The Hall–Kier alpha value is -2.97. The summed E-state index contributed by atoms with van der Waals surface area (Å²) < 4.78 is 32.8. The third-order valence-corrected chi connectivity index (χ3v) is 7.11. The zero-order valence-corrected chi connectivity index (χ0v) is 16.8. The van der Waals surface area contributed by atoms with Crippen molar-refractivity contribution in [3.63, 3.8) is 0 Å². The van der Waals surface area contributed by atoms with Crippen LogP contribution < -0.4 is 4.72 Å². The predicted octanol–water partition coefficient (Wildman–Crippen LogP) is 4.88. The van der Waals surface area contributed by atoms with E-state index in [1.807, 2.05) is 32.0 Å². The largest absolute Gasteiger partial charge is 0.334 e. The average molecular weight is 412 g/mol. The smallest absolute Gasteiger partial charge is 0.271 e. The average Bonchev–Trinajstić information content (AvgIpc) is 3.37. The molecule has 0 aliphatic carbocycles. The van der Waals surface area contributed by atoms with E-state index >= 15 is 0 Å². The van der Waals surface area contributed by atoms with Crippen LogP contribution in [0.3, 0.4) is 0 Å². The van der Waals surface area contributed by atoms with E-state index in [4.69, 9.17) is 4.52 Å². The van der Waals surface area contributed by atoms with Crippen molar-refractivity contribution in [1.82, 2.24) is 10.1 Å². The van der Waals surface area contributed by atoms with Crippen LogP contribution >= 0.6 is 11.3 Å². The topological polar surface area (TPSA) is 85.1 Å². The Labute approximate surface area is 166 Å². The molecule has 2 heterocycles. The minimum absolute atomic E-state index is 0.271. The monoisotopic (exact) mass is 411 g/mol. The van der Waals surface area contributed by atoms with Gasteiger partial charge in [0, 0.05) is 16.8 Å². The maximum atomic E-state index is 12.3. The number of rotatable bonds is 5. The number of nitrogens with one attached hydrogen (secondary N) is 1. The van der Waals surface area contributed by atoms with Crippen LogP contribution in [0.15, 0.2) is 68.7 Å². The summed E-state index contributed by atoms with van der Waals surface area (Å²) in [6.07, 6.45) is 0. The summed E-state index contributed by atoms with van der Waals surface area (Å²) in [5.41, 5.74) is 4.42. The van der Waals surface area contributed by atoms with E-state index in [0.29, 0.717) is 17.4 Å². The van der Waals surface area contributed by atoms with Gasteiger partial charge < -0.3 is 4.52 Å². The molecule has 1 N–H and O–H groups in total. The van der Waals surface area contributed by atoms with Crippen LogP contribution in [0.1, 0.15) is 11.1 Å². The van der Waals surface area contributed by atoms with Crippen molar-refractivity contribution in [3.05, 3.63) is 71.1 Å². The van der Waals surface area contributed by atoms with E-state index in [2.05, 4.69) is 14.9 Å². The SMILES string of the molecule is Cc1ccc(-c2nc(-c3ccc(NS(=O)(=O)c4cccs4)cc3)no2)cc1C. The van der Waals surface area contributed by atoms with E-state index < -0.39 is 10.0 Å². The maximum Gasteiger partial charge on any atom is 0.271 e. The fraction of sp³-hybridized carbons (Fsp3) is 0.100. The quantitative estimate of drug-likeness (QED) is 0.506. The first-order valence-electron chi connectivity index (χ1n) is 8.50. The van der Waals surface area contributed by atoms with Gasteiger partial charge in [-0.1, -0.05) is 17.3 Å². The van der Waals surface area contributed by atoms with Crippen LogP contribution in [0.4, 0.5) is 5.69 Å². The molecule has 4 rings (SSSR count). The summed E-state index contributed by atoms with van der Waals surface area (Å²) in [7, 11) is -3.57. The first-order chi connectivity index (χ1) is 13.4. The van der Waals surface area contributed by atoms with Gasteiger partial charge in [-0.3, -0.25) is 4.72 Å². The molecule has 0 unspecified atom stereocenters. The summed E-state index contributed by atoms with van der Waals surface area (Å²) in [6.45, 7) is 4.08. The van der Waals surface area contributed by atoms with Gasteiger partial charge in [0.2, 0.25) is 5.82 Å². The number of hydrogen-bond donors (Lipinski definition) is 1. The molecule has 0 aliphatic heterocycles. The number of nitrogens with zero attached hydrogens (tertiary/aromatic N) is 2. The number of aryl methyl sites for hydroxylation is 2. The van der Waals surface area contributed by atoms with Crippen molar-refractivity contribution in [2.45, 2.75) is 18.1 Å². The molecule has 8 heteroatoms. The first kappa shape index (κ1) is 18.4. The highest BCUT2D eigenvalue weighted by Crippen LogP contribution is 2.26. The van der Waals surface area contributed by atoms with Gasteiger partial charge in [0.1, 0.15) is 4.21 Å². The second kappa shape index (κ2) is 7.21. The molecule has 0 radical (unpaired) electrons. The molecule has 0 bridgehead atoms. The number of anilines is 1. The number of aromatic nitrogens is 2. The van der Waals surface area contributed by atoms with Gasteiger partial charge in [0.05, 0.1) is 0 Å². The Bertz CT molecular complexity index is 1210. The van der Waals surface area contributed by atoms with Crippen LogP contribution in [0, 0.1) is 13.8 Å². The minimum atomic E-state index is -3.57. The Morgan fingerprint density at radius 3 is 2.39 bits per heavy atom. The molecular formula is C20H17N3O3S2. The normalized spacial score (nSPS) is 11.5. The number of hydrogen-bond acceptors (Lipinski definition) is 6. The Balaban J connectivity index is 1.55. The third kappa shape index (κ3) is 3.69. The van der Waals surface area contributed by atoms with Gasteiger partial charge in [-0.15, -0.1) is 11.3 Å². The van der Waals surface area contributed by atoms with E-state index in [1.165, 1.54) is 16.9 Å². The molecular weight excluding hydrogens is 394 g/mol. The number of benzene rings is 2. The minimum Gasteiger partial charge on any atom is -0.334 e. The molecule has 0 spiro atoms. The summed E-state index contributed by atoms with van der Waals surface area (Å²) in [4.78, 5) is 4.45. The van der Waals surface area contributed by atoms with Crippen LogP contribution in [-0.2, 0) is 10.0 Å². The predicted molar refractivity (Wildman–Crippen MR) is 110 cm³/mol. The van der Waals surface area contributed by atoms with Gasteiger partial charge in [-0.25, -0.2) is 8.42 Å². The van der Waals surface area contributed by atoms with Gasteiger partial charge in [0.15, 0.2) is 0 Å². The van der Waals surface area contributed by atoms with Crippen LogP contribution in [0.2, 0.25) is 0 Å². The highest BCUT2D eigenvalue weighted by atomic mass is 32.2. The second-order valence-corrected chi connectivity index (χ2v) is 9.19. The summed E-state index contributed by atoms with van der Waals surface area (Å²) in [6, 6.07) is 16.1. The van der Waals surface area contributed by atoms with E-state index in [0.717, 1.165) is 16.7 Å². The van der Waals surface area contributed by atoms with Crippen molar-refractivity contribution < 1.29 is 12.9 Å². The van der Waals surface area contributed by atoms with Crippen molar-refractivity contribution in [1.29, 1.82) is 0 Å². The molecule has 142 valence electrons. The third-order valence-electron chi connectivity index (χ3n) is 4.34. The molecule has 0 saturated carbocycles. The fourth-order valence-corrected chi connectivity index (χ4v) is 4.69. The van der Waals surface area contributed by atoms with E-state index in [1.54, 1.807) is 41.8 Å². The zero-order valence-electron chi connectivity index (χ0n) is 15.2. The van der Waals surface area contributed by atoms with E-state index in [-0.39, 0.29) is 4.21 Å². The summed E-state index contributed by atoms with van der Waals surface area (Å²) >= 11 is 1.17. The molecule has 2 aromatic heterocycles. The molecule has 0 amide bonds. The highest BCUT2D eigenvalue weighted by molar-refractivity contribution is 7.94. The number of sulfonamides is 1. The summed E-state index contributed by atoms with van der Waals surface area (Å²) in [5, 5.41) is 5.76. The van der Waals surface area contributed by atoms with Crippen molar-refractivity contribution >= 4 is 27.0 Å². The molecule has 6 nitrogen and oxygen atoms in total. The lowest BCUT2D eigenvalue weighted by Gasteiger charge is -2.06. The maximum absolute atomic E-state index is 12.3.